The lowest BCUT2D eigenvalue weighted by Gasteiger charge is -2.12. The van der Waals surface area contributed by atoms with Crippen molar-refractivity contribution in [2.45, 2.75) is 13.5 Å². The van der Waals surface area contributed by atoms with Gasteiger partial charge < -0.3 is 10.1 Å². The topological polar surface area (TPSA) is 45.0 Å². The Hall–Kier alpha value is -2.31. The van der Waals surface area contributed by atoms with Gasteiger partial charge in [0.1, 0.15) is 0 Å². The van der Waals surface area contributed by atoms with E-state index in [1.54, 1.807) is 7.11 Å². The van der Waals surface area contributed by atoms with Crippen LogP contribution in [-0.4, -0.2) is 7.11 Å². The van der Waals surface area contributed by atoms with Crippen LogP contribution in [-0.2, 0) is 11.3 Å². The van der Waals surface area contributed by atoms with Gasteiger partial charge in [0.15, 0.2) is 0 Å². The number of aryl methyl sites for hydroxylation is 1. The number of nitrogens with zero attached hydrogens (tertiary/aromatic N) is 1. The molecule has 0 fully saturated rings. The second-order valence-electron chi connectivity index (χ2n) is 4.36. The van der Waals surface area contributed by atoms with E-state index in [-0.39, 0.29) is 0 Å². The summed E-state index contributed by atoms with van der Waals surface area (Å²) in [6, 6.07) is 15.9. The van der Waals surface area contributed by atoms with Crippen molar-refractivity contribution in [2.75, 3.05) is 12.4 Å². The van der Waals surface area contributed by atoms with Crippen molar-refractivity contribution in [2.24, 2.45) is 0 Å². The van der Waals surface area contributed by atoms with E-state index in [1.807, 2.05) is 49.4 Å². The first-order valence-corrected chi connectivity index (χ1v) is 6.09. The molecule has 0 saturated heterocycles. The standard InChI is InChI=1S/C16H16N2O/c1-12-9-15(8-7-13(12)10-17)18-16-6-4-3-5-14(16)11-19-2/h3-9,18H,11H2,1-2H3. The van der Waals surface area contributed by atoms with Crippen LogP contribution in [0.15, 0.2) is 42.5 Å². The summed E-state index contributed by atoms with van der Waals surface area (Å²) in [6.07, 6.45) is 0. The van der Waals surface area contributed by atoms with Crippen molar-refractivity contribution in [3.63, 3.8) is 0 Å². The summed E-state index contributed by atoms with van der Waals surface area (Å²) in [4.78, 5) is 0. The highest BCUT2D eigenvalue weighted by atomic mass is 16.5. The summed E-state index contributed by atoms with van der Waals surface area (Å²) in [6.45, 7) is 2.50. The zero-order valence-electron chi connectivity index (χ0n) is 11.1. The second kappa shape index (κ2) is 6.03. The lowest BCUT2D eigenvalue weighted by molar-refractivity contribution is 0.185. The van der Waals surface area contributed by atoms with Gasteiger partial charge in [-0.05, 0) is 36.8 Å². The molecule has 0 saturated carbocycles. The molecule has 0 bridgehead atoms. The molecule has 2 aromatic carbocycles. The smallest absolute Gasteiger partial charge is 0.0994 e. The van der Waals surface area contributed by atoms with Crippen molar-refractivity contribution in [1.29, 1.82) is 5.26 Å². The van der Waals surface area contributed by atoms with Crippen LogP contribution in [0.1, 0.15) is 16.7 Å². The molecule has 0 spiro atoms. The molecule has 3 heteroatoms. The summed E-state index contributed by atoms with van der Waals surface area (Å²) in [5, 5.41) is 12.3. The SMILES string of the molecule is COCc1ccccc1Nc1ccc(C#N)c(C)c1. The van der Waals surface area contributed by atoms with Crippen molar-refractivity contribution < 1.29 is 4.74 Å². The van der Waals surface area contributed by atoms with Gasteiger partial charge in [0.05, 0.1) is 18.2 Å². The van der Waals surface area contributed by atoms with E-state index in [1.165, 1.54) is 0 Å². The Balaban J connectivity index is 2.26. The normalized spacial score (nSPS) is 9.95. The van der Waals surface area contributed by atoms with Gasteiger partial charge in [-0.25, -0.2) is 0 Å². The molecular formula is C16H16N2O. The molecule has 2 rings (SSSR count). The second-order valence-corrected chi connectivity index (χ2v) is 4.36. The number of benzene rings is 2. The third-order valence-corrected chi connectivity index (χ3v) is 2.94. The Bertz CT molecular complexity index is 614. The van der Waals surface area contributed by atoms with Gasteiger partial charge >= 0.3 is 0 Å². The highest BCUT2D eigenvalue weighted by Crippen LogP contribution is 2.23. The number of rotatable bonds is 4. The molecular weight excluding hydrogens is 236 g/mol. The zero-order chi connectivity index (χ0) is 13.7. The number of methoxy groups -OCH3 is 1. The maximum atomic E-state index is 8.93. The van der Waals surface area contributed by atoms with Gasteiger partial charge in [0.2, 0.25) is 0 Å². The van der Waals surface area contributed by atoms with Crippen molar-refractivity contribution in [1.82, 2.24) is 0 Å². The third-order valence-electron chi connectivity index (χ3n) is 2.94. The molecule has 96 valence electrons. The van der Waals surface area contributed by atoms with Crippen LogP contribution in [0, 0.1) is 18.3 Å². The quantitative estimate of drug-likeness (QED) is 0.901. The lowest BCUT2D eigenvalue weighted by Crippen LogP contribution is -1.97. The van der Waals surface area contributed by atoms with E-state index < -0.39 is 0 Å². The van der Waals surface area contributed by atoms with Crippen LogP contribution in [0.5, 0.6) is 0 Å². The lowest BCUT2D eigenvalue weighted by atomic mass is 10.1. The Morgan fingerprint density at radius 3 is 2.68 bits per heavy atom. The summed E-state index contributed by atoms with van der Waals surface area (Å²) in [7, 11) is 1.68. The largest absolute Gasteiger partial charge is 0.380 e. The highest BCUT2D eigenvalue weighted by molar-refractivity contribution is 5.64. The van der Waals surface area contributed by atoms with Crippen LogP contribution in [0.4, 0.5) is 11.4 Å². The predicted molar refractivity (Wildman–Crippen MR) is 76.3 cm³/mol. The average Bonchev–Trinajstić information content (AvgIpc) is 2.41. The molecule has 0 radical (unpaired) electrons. The fourth-order valence-corrected chi connectivity index (χ4v) is 1.95. The summed E-state index contributed by atoms with van der Waals surface area (Å²) < 4.78 is 5.18. The molecule has 0 atom stereocenters. The summed E-state index contributed by atoms with van der Waals surface area (Å²) in [5.74, 6) is 0. The van der Waals surface area contributed by atoms with E-state index in [4.69, 9.17) is 10.00 Å². The van der Waals surface area contributed by atoms with E-state index in [2.05, 4.69) is 11.4 Å². The van der Waals surface area contributed by atoms with Crippen molar-refractivity contribution >= 4 is 11.4 Å². The number of ether oxygens (including phenoxy) is 1. The van der Waals surface area contributed by atoms with Gasteiger partial charge in [0.25, 0.3) is 0 Å². The van der Waals surface area contributed by atoms with Crippen molar-refractivity contribution in [3.8, 4) is 6.07 Å². The first-order chi connectivity index (χ1) is 9.24. The van der Waals surface area contributed by atoms with Crippen LogP contribution in [0.2, 0.25) is 0 Å². The van der Waals surface area contributed by atoms with Crippen LogP contribution in [0.25, 0.3) is 0 Å². The van der Waals surface area contributed by atoms with E-state index >= 15 is 0 Å². The number of nitriles is 1. The van der Waals surface area contributed by atoms with Crippen LogP contribution in [0.3, 0.4) is 0 Å². The number of hydrogen-bond acceptors (Lipinski definition) is 3. The van der Waals surface area contributed by atoms with Crippen LogP contribution < -0.4 is 5.32 Å². The molecule has 1 N–H and O–H groups in total. The first kappa shape index (κ1) is 13.1. The average molecular weight is 252 g/mol. The minimum Gasteiger partial charge on any atom is -0.380 e. The third kappa shape index (κ3) is 3.12. The van der Waals surface area contributed by atoms with Gasteiger partial charge in [-0.1, -0.05) is 18.2 Å². The van der Waals surface area contributed by atoms with Crippen molar-refractivity contribution in [3.05, 3.63) is 59.2 Å². The molecule has 0 heterocycles. The Kier molecular flexibility index (Phi) is 4.17. The number of nitrogens with one attached hydrogen (secondary N) is 1. The van der Waals surface area contributed by atoms with E-state index in [0.29, 0.717) is 12.2 Å². The number of anilines is 2. The predicted octanol–water partition coefficient (Wildman–Crippen LogP) is 3.76. The van der Waals surface area contributed by atoms with Gasteiger partial charge in [-0.3, -0.25) is 0 Å². The number of hydrogen-bond donors (Lipinski definition) is 1. The molecule has 0 aliphatic carbocycles. The monoisotopic (exact) mass is 252 g/mol. The first-order valence-electron chi connectivity index (χ1n) is 6.09. The molecule has 0 amide bonds. The van der Waals surface area contributed by atoms with Crippen LogP contribution >= 0.6 is 0 Å². The minimum atomic E-state index is 0.568. The molecule has 0 aliphatic rings. The van der Waals surface area contributed by atoms with Gasteiger partial charge in [-0.15, -0.1) is 0 Å². The summed E-state index contributed by atoms with van der Waals surface area (Å²) in [5.41, 5.74) is 4.77. The Labute approximate surface area is 113 Å². The summed E-state index contributed by atoms with van der Waals surface area (Å²) >= 11 is 0. The number of para-hydroxylation sites is 1. The Morgan fingerprint density at radius 2 is 2.00 bits per heavy atom. The van der Waals surface area contributed by atoms with Gasteiger partial charge in [0, 0.05) is 24.0 Å². The molecule has 0 aromatic heterocycles. The molecule has 19 heavy (non-hydrogen) atoms. The maximum absolute atomic E-state index is 8.93. The Morgan fingerprint density at radius 1 is 1.21 bits per heavy atom. The molecule has 0 unspecified atom stereocenters. The fourth-order valence-electron chi connectivity index (χ4n) is 1.95. The van der Waals surface area contributed by atoms with Gasteiger partial charge in [-0.2, -0.15) is 5.26 Å². The van der Waals surface area contributed by atoms with E-state index in [0.717, 1.165) is 22.5 Å². The van der Waals surface area contributed by atoms with E-state index in [9.17, 15) is 0 Å². The zero-order valence-corrected chi connectivity index (χ0v) is 11.1. The molecule has 3 nitrogen and oxygen atoms in total. The maximum Gasteiger partial charge on any atom is 0.0994 e. The molecule has 0 aliphatic heterocycles. The minimum absolute atomic E-state index is 0.568. The highest BCUT2D eigenvalue weighted by Gasteiger charge is 2.03. The molecule has 2 aromatic rings. The fraction of sp³-hybridized carbons (Fsp3) is 0.188.